The highest BCUT2D eigenvalue weighted by atomic mass is 32.1. The van der Waals surface area contributed by atoms with Gasteiger partial charge in [-0.3, -0.25) is 0 Å². The Balaban J connectivity index is 0.952. The molecule has 7 heteroatoms. The average Bonchev–Trinajstić information content (AvgIpc) is 1.13. The van der Waals surface area contributed by atoms with Gasteiger partial charge in [0.2, 0.25) is 0 Å². The van der Waals surface area contributed by atoms with E-state index in [9.17, 15) is 0 Å². The maximum absolute atomic E-state index is 2.71. The number of fused-ring (bicyclic) bond motifs is 17. The summed E-state index contributed by atoms with van der Waals surface area (Å²) in [6.07, 6.45) is 0. The van der Waals surface area contributed by atoms with Crippen molar-refractivity contribution >= 4 is 164 Å². The van der Waals surface area contributed by atoms with Crippen LogP contribution in [-0.2, 0) is 21.7 Å². The molecule has 107 heavy (non-hydrogen) atoms. The molecule has 0 N–H and O–H groups in total. The highest BCUT2D eigenvalue weighted by Gasteiger charge is 2.46. The molecule has 4 aromatic heterocycles. The van der Waals surface area contributed by atoms with Gasteiger partial charge in [-0.1, -0.05) is 253 Å². The number of aromatic nitrogens is 2. The lowest BCUT2D eigenvalue weighted by Crippen LogP contribution is -2.61. The van der Waals surface area contributed by atoms with E-state index in [4.69, 9.17) is 0 Å². The number of rotatable bonds is 7. The van der Waals surface area contributed by atoms with E-state index >= 15 is 0 Å². The Labute approximate surface area is 635 Å². The normalized spacial score (nSPS) is 13.4. The van der Waals surface area contributed by atoms with Crippen LogP contribution < -0.4 is 26.2 Å². The molecule has 0 atom stereocenters. The topological polar surface area (TPSA) is 16.3 Å². The molecule has 20 rings (SSSR count). The quantitative estimate of drug-likeness (QED) is 0.148. The standard InChI is InChI=1S/C100H83BN4S2/c1-97(2,3)63-38-46-82(74(54-63)60-26-15-13-16-27-60)104-86-58-67(102-80-35-22-19-30-70(80)71-31-20-23-36-81(71)102)42-44-78(86)101-79-45-43-68(103-84-48-40-65(99(7,8)9)56-76(84)77-57-66(100(10,11)12)41-49-85(77)103)59-87(79)105(83-47-39-64(98(4,5)6)55-75(83)61-28-17-14-18-29-61)89-53-62(52-88(104)95(89)101)69-33-25-34-73-94-92(107-96(69)73)51-50-91-93(94)72-32-21-24-37-90(72)106-91/h13-59H,1-12H3. The maximum Gasteiger partial charge on any atom is 0.252 e. The van der Waals surface area contributed by atoms with E-state index in [0.717, 1.165) is 51.1 Å². The molecule has 518 valence electrons. The second-order valence-electron chi connectivity index (χ2n) is 34.1. The minimum Gasteiger partial charge on any atom is -0.311 e. The molecule has 6 heterocycles. The van der Waals surface area contributed by atoms with E-state index in [1.807, 2.05) is 22.7 Å². The zero-order chi connectivity index (χ0) is 72.9. The Morgan fingerprint density at radius 1 is 0.262 bits per heavy atom. The number of nitrogens with zero attached hydrogens (tertiary/aromatic N) is 4. The van der Waals surface area contributed by atoms with E-state index in [0.29, 0.717) is 0 Å². The predicted octanol–water partition coefficient (Wildman–Crippen LogP) is 26.9. The van der Waals surface area contributed by atoms with Gasteiger partial charge in [-0.2, -0.15) is 0 Å². The van der Waals surface area contributed by atoms with Crippen molar-refractivity contribution in [2.75, 3.05) is 9.80 Å². The number of anilines is 6. The third-order valence-corrected chi connectivity index (χ3v) is 25.7. The number of thiophene rings is 2. The first-order chi connectivity index (χ1) is 51.6. The Bertz CT molecular complexity index is 6630. The predicted molar refractivity (Wildman–Crippen MR) is 466 cm³/mol. The highest BCUT2D eigenvalue weighted by molar-refractivity contribution is 7.28. The second-order valence-corrected chi connectivity index (χ2v) is 36.2. The summed E-state index contributed by atoms with van der Waals surface area (Å²) in [6, 6.07) is 111. The summed E-state index contributed by atoms with van der Waals surface area (Å²) in [6.45, 7) is 27.9. The molecule has 0 bridgehead atoms. The summed E-state index contributed by atoms with van der Waals surface area (Å²) in [5, 5.41) is 10.3. The molecule has 0 fully saturated rings. The molecule has 4 nitrogen and oxygen atoms in total. The van der Waals surface area contributed by atoms with Gasteiger partial charge in [0, 0.05) is 107 Å². The largest absolute Gasteiger partial charge is 0.311 e. The number of hydrogen-bond donors (Lipinski definition) is 0. The molecular formula is C100H83BN4S2. The minimum atomic E-state index is -0.224. The van der Waals surface area contributed by atoms with E-state index in [-0.39, 0.29) is 28.4 Å². The van der Waals surface area contributed by atoms with Crippen LogP contribution in [0.3, 0.4) is 0 Å². The van der Waals surface area contributed by atoms with Crippen LogP contribution in [0.15, 0.2) is 285 Å². The van der Waals surface area contributed by atoms with Gasteiger partial charge in [-0.25, -0.2) is 0 Å². The fraction of sp³-hybridized carbons (Fsp3) is 0.160. The lowest BCUT2D eigenvalue weighted by Gasteiger charge is -2.45. The third-order valence-electron chi connectivity index (χ3n) is 23.3. The first kappa shape index (κ1) is 65.3. The van der Waals surface area contributed by atoms with Crippen molar-refractivity contribution in [1.29, 1.82) is 0 Å². The van der Waals surface area contributed by atoms with Gasteiger partial charge in [0.1, 0.15) is 0 Å². The Kier molecular flexibility index (Phi) is 14.4. The van der Waals surface area contributed by atoms with E-state index in [1.165, 1.54) is 150 Å². The first-order valence-electron chi connectivity index (χ1n) is 37.9. The molecule has 18 aromatic rings. The Morgan fingerprint density at radius 2 is 0.673 bits per heavy atom. The monoisotopic (exact) mass is 1410 g/mol. The zero-order valence-corrected chi connectivity index (χ0v) is 64.5. The third kappa shape index (κ3) is 10.2. The summed E-state index contributed by atoms with van der Waals surface area (Å²) in [5.41, 5.74) is 29.5. The van der Waals surface area contributed by atoms with Gasteiger partial charge in [-0.05, 0) is 198 Å². The van der Waals surface area contributed by atoms with Crippen molar-refractivity contribution in [3.8, 4) is 44.8 Å². The second kappa shape index (κ2) is 23.6. The zero-order valence-electron chi connectivity index (χ0n) is 62.8. The summed E-state index contributed by atoms with van der Waals surface area (Å²) in [7, 11) is 0. The summed E-state index contributed by atoms with van der Waals surface area (Å²) in [5.74, 6) is 0. The molecule has 2 aliphatic rings. The number of hydrogen-bond acceptors (Lipinski definition) is 4. The van der Waals surface area contributed by atoms with Gasteiger partial charge in [-0.15, -0.1) is 22.7 Å². The molecule has 0 spiro atoms. The van der Waals surface area contributed by atoms with Crippen molar-refractivity contribution in [3.63, 3.8) is 0 Å². The van der Waals surface area contributed by atoms with Gasteiger partial charge in [0.05, 0.1) is 33.4 Å². The molecular weight excluding hydrogens is 1330 g/mol. The van der Waals surface area contributed by atoms with Gasteiger partial charge in [0.25, 0.3) is 6.71 Å². The number of benzene rings is 14. The van der Waals surface area contributed by atoms with Crippen LogP contribution in [0.5, 0.6) is 0 Å². The molecule has 0 saturated heterocycles. The Morgan fingerprint density at radius 3 is 1.17 bits per heavy atom. The van der Waals surface area contributed by atoms with Gasteiger partial charge < -0.3 is 18.9 Å². The average molecular weight is 1420 g/mol. The van der Waals surface area contributed by atoms with Crippen molar-refractivity contribution in [2.45, 2.75) is 105 Å². The molecule has 0 saturated carbocycles. The van der Waals surface area contributed by atoms with Crippen LogP contribution in [-0.4, -0.2) is 15.8 Å². The van der Waals surface area contributed by atoms with Crippen LogP contribution in [0, 0.1) is 0 Å². The molecule has 0 amide bonds. The molecule has 0 aliphatic carbocycles. The maximum atomic E-state index is 2.71. The van der Waals surface area contributed by atoms with Crippen molar-refractivity contribution in [3.05, 3.63) is 307 Å². The smallest absolute Gasteiger partial charge is 0.252 e. The fourth-order valence-electron chi connectivity index (χ4n) is 17.8. The van der Waals surface area contributed by atoms with Crippen molar-refractivity contribution in [1.82, 2.24) is 9.13 Å². The molecule has 0 unspecified atom stereocenters. The van der Waals surface area contributed by atoms with Gasteiger partial charge >= 0.3 is 0 Å². The lowest BCUT2D eigenvalue weighted by atomic mass is 9.33. The van der Waals surface area contributed by atoms with Gasteiger partial charge in [0.15, 0.2) is 0 Å². The molecule has 0 radical (unpaired) electrons. The van der Waals surface area contributed by atoms with Crippen LogP contribution >= 0.6 is 22.7 Å². The van der Waals surface area contributed by atoms with Crippen molar-refractivity contribution in [2.24, 2.45) is 0 Å². The fourth-order valence-corrected chi connectivity index (χ4v) is 20.1. The summed E-state index contributed by atoms with van der Waals surface area (Å²) < 4.78 is 10.3. The SMILES string of the molecule is CC(C)(C)c1ccc(N2c3cc(-n4c5ccccc5c5ccccc54)ccc3B3c4ccc(-n5c6ccc(C(C)(C)C)cc6c6cc(C(C)(C)C)ccc65)cc4N(c4ccc(C(C)(C)C)cc4-c4ccccc4)c4cc(-c5cccc6c5sc5ccc7sc8ccccc8c7c56)cc2c43)c(-c2ccccc2)c1. The van der Waals surface area contributed by atoms with Crippen LogP contribution in [0.1, 0.15) is 105 Å². The van der Waals surface area contributed by atoms with E-state index < -0.39 is 0 Å². The summed E-state index contributed by atoms with van der Waals surface area (Å²) in [4.78, 5) is 5.40. The minimum absolute atomic E-state index is 0.0519. The molecule has 14 aromatic carbocycles. The summed E-state index contributed by atoms with van der Waals surface area (Å²) >= 11 is 3.83. The Hall–Kier alpha value is -11.2. The molecule has 2 aliphatic heterocycles. The van der Waals surface area contributed by atoms with Crippen LogP contribution in [0.4, 0.5) is 34.1 Å². The van der Waals surface area contributed by atoms with Crippen LogP contribution in [0.2, 0.25) is 0 Å². The van der Waals surface area contributed by atoms with E-state index in [1.54, 1.807) is 0 Å². The lowest BCUT2D eigenvalue weighted by molar-refractivity contribution is 0.590. The van der Waals surface area contributed by atoms with Crippen molar-refractivity contribution < 1.29 is 0 Å². The first-order valence-corrected chi connectivity index (χ1v) is 39.5. The van der Waals surface area contributed by atoms with E-state index in [2.05, 4.69) is 387 Å². The number of para-hydroxylation sites is 2. The highest BCUT2D eigenvalue weighted by Crippen LogP contribution is 2.54. The van der Waals surface area contributed by atoms with Crippen LogP contribution in [0.25, 0.3) is 129 Å².